The van der Waals surface area contributed by atoms with E-state index >= 15 is 0 Å². The van der Waals surface area contributed by atoms with E-state index in [1.54, 1.807) is 49.2 Å². The summed E-state index contributed by atoms with van der Waals surface area (Å²) < 4.78 is 14.6. The second-order valence-electron chi connectivity index (χ2n) is 10.1. The second kappa shape index (κ2) is 9.96. The molecule has 1 aliphatic carbocycles. The van der Waals surface area contributed by atoms with Crippen molar-refractivity contribution in [3.05, 3.63) is 73.2 Å². The summed E-state index contributed by atoms with van der Waals surface area (Å²) in [7, 11) is 0. The molecule has 3 N–H and O–H groups in total. The Bertz CT molecular complexity index is 1870. The monoisotopic (exact) mass is 532 g/mol. The summed E-state index contributed by atoms with van der Waals surface area (Å²) in [6.07, 6.45) is 13.7. The van der Waals surface area contributed by atoms with Gasteiger partial charge in [-0.25, -0.2) is 14.4 Å². The van der Waals surface area contributed by atoms with E-state index < -0.39 is 0 Å². The van der Waals surface area contributed by atoms with Gasteiger partial charge in [0.25, 0.3) is 0 Å². The lowest BCUT2D eigenvalue weighted by Gasteiger charge is -2.20. The van der Waals surface area contributed by atoms with Crippen LogP contribution in [0.2, 0.25) is 0 Å². The Morgan fingerprint density at radius 1 is 0.925 bits per heavy atom. The molecule has 9 nitrogen and oxygen atoms in total. The normalized spacial score (nSPS) is 14.1. The largest absolute Gasteiger partial charge is 0.335 e. The van der Waals surface area contributed by atoms with Gasteiger partial charge in [0.2, 0.25) is 5.91 Å². The molecule has 1 aromatic carbocycles. The molecule has 0 unspecified atom stereocenters. The number of rotatable bonds is 5. The number of hydrogen-bond donors (Lipinski definition) is 3. The molecule has 5 aromatic heterocycles. The maximum atomic E-state index is 14.6. The van der Waals surface area contributed by atoms with Crippen LogP contribution in [0.5, 0.6) is 0 Å². The summed E-state index contributed by atoms with van der Waals surface area (Å²) in [5.41, 5.74) is 5.76. The number of carbonyl (C=O) groups excluding carboxylic acids is 1. The van der Waals surface area contributed by atoms with E-state index in [1.165, 1.54) is 12.5 Å². The molecule has 0 spiro atoms. The van der Waals surface area contributed by atoms with Gasteiger partial charge in [0.1, 0.15) is 17.0 Å². The first-order valence-electron chi connectivity index (χ1n) is 13.3. The van der Waals surface area contributed by atoms with Gasteiger partial charge in [-0.05, 0) is 31.0 Å². The second-order valence-corrected chi connectivity index (χ2v) is 10.1. The topological polar surface area (TPSA) is 125 Å². The zero-order chi connectivity index (χ0) is 27.1. The van der Waals surface area contributed by atoms with Crippen LogP contribution in [0.4, 0.5) is 10.1 Å². The number of nitrogens with zero attached hydrogens (tertiary/aromatic N) is 5. The summed E-state index contributed by atoms with van der Waals surface area (Å²) in [6, 6.07) is 10.4. The number of fused-ring (bicyclic) bond motifs is 2. The van der Waals surface area contributed by atoms with Gasteiger partial charge >= 0.3 is 0 Å². The molecule has 0 atom stereocenters. The Morgan fingerprint density at radius 3 is 2.62 bits per heavy atom. The van der Waals surface area contributed by atoms with Crippen molar-refractivity contribution in [2.24, 2.45) is 5.92 Å². The quantitative estimate of drug-likeness (QED) is 0.240. The van der Waals surface area contributed by atoms with Crippen molar-refractivity contribution in [2.75, 3.05) is 5.32 Å². The Labute approximate surface area is 228 Å². The molecule has 1 saturated carbocycles. The fourth-order valence-corrected chi connectivity index (χ4v) is 5.44. The van der Waals surface area contributed by atoms with Gasteiger partial charge in [-0.1, -0.05) is 37.5 Å². The van der Waals surface area contributed by atoms with Crippen molar-refractivity contribution in [3.63, 3.8) is 0 Å². The molecular weight excluding hydrogens is 507 g/mol. The Balaban J connectivity index is 1.23. The van der Waals surface area contributed by atoms with Gasteiger partial charge in [-0.15, -0.1) is 0 Å². The van der Waals surface area contributed by atoms with Gasteiger partial charge in [0, 0.05) is 46.8 Å². The van der Waals surface area contributed by atoms with Crippen LogP contribution in [-0.4, -0.2) is 41.0 Å². The average molecular weight is 533 g/mol. The van der Waals surface area contributed by atoms with Crippen molar-refractivity contribution >= 4 is 33.7 Å². The van der Waals surface area contributed by atoms with Gasteiger partial charge in [0.15, 0.2) is 11.5 Å². The number of H-pyrrole nitrogens is 2. The van der Waals surface area contributed by atoms with Crippen LogP contribution < -0.4 is 5.32 Å². The number of amides is 1. The van der Waals surface area contributed by atoms with Crippen molar-refractivity contribution in [1.82, 2.24) is 35.1 Å². The number of halogens is 1. The van der Waals surface area contributed by atoms with Crippen molar-refractivity contribution < 1.29 is 9.18 Å². The fraction of sp³-hybridized carbons (Fsp3) is 0.200. The molecule has 10 heteroatoms. The number of aromatic nitrogens is 7. The molecule has 1 aliphatic rings. The van der Waals surface area contributed by atoms with Gasteiger partial charge in [0.05, 0.1) is 29.0 Å². The highest BCUT2D eigenvalue weighted by Crippen LogP contribution is 2.33. The van der Waals surface area contributed by atoms with E-state index in [2.05, 4.69) is 35.5 Å². The molecule has 0 radical (unpaired) electrons. The predicted octanol–water partition coefficient (Wildman–Crippen LogP) is 6.28. The average Bonchev–Trinajstić information content (AvgIpc) is 3.62. The SMILES string of the molecule is O=C(Nc1cncc(-c2cnc3[nH]nc(-c4nc5c(-c6ccccc6F)cncc5[nH]4)c3c2)c1)C1CCCCC1. The van der Waals surface area contributed by atoms with E-state index in [0.29, 0.717) is 45.0 Å². The van der Waals surface area contributed by atoms with Crippen LogP contribution in [-0.2, 0) is 4.79 Å². The maximum absolute atomic E-state index is 14.6. The smallest absolute Gasteiger partial charge is 0.227 e. The van der Waals surface area contributed by atoms with Crippen molar-refractivity contribution in [1.29, 1.82) is 0 Å². The van der Waals surface area contributed by atoms with Crippen LogP contribution in [0.3, 0.4) is 0 Å². The summed E-state index contributed by atoms with van der Waals surface area (Å²) in [6.45, 7) is 0. The highest BCUT2D eigenvalue weighted by atomic mass is 19.1. The fourth-order valence-electron chi connectivity index (χ4n) is 5.44. The minimum atomic E-state index is -0.341. The van der Waals surface area contributed by atoms with Crippen LogP contribution in [0.25, 0.3) is 55.8 Å². The first-order valence-corrected chi connectivity index (χ1v) is 13.3. The zero-order valence-electron chi connectivity index (χ0n) is 21.5. The van der Waals surface area contributed by atoms with E-state index in [4.69, 9.17) is 4.98 Å². The molecule has 0 bridgehead atoms. The number of pyridine rings is 3. The van der Waals surface area contributed by atoms with E-state index in [9.17, 15) is 9.18 Å². The third-order valence-corrected chi connectivity index (χ3v) is 7.51. The number of benzene rings is 1. The third kappa shape index (κ3) is 4.37. The molecule has 0 saturated heterocycles. The lowest BCUT2D eigenvalue weighted by atomic mass is 9.88. The van der Waals surface area contributed by atoms with Crippen LogP contribution in [0.15, 0.2) is 67.4 Å². The van der Waals surface area contributed by atoms with Gasteiger partial charge in [-0.2, -0.15) is 5.10 Å². The molecule has 0 aliphatic heterocycles. The molecule has 1 fully saturated rings. The van der Waals surface area contributed by atoms with Crippen LogP contribution in [0, 0.1) is 11.7 Å². The minimum absolute atomic E-state index is 0.0541. The minimum Gasteiger partial charge on any atom is -0.335 e. The van der Waals surface area contributed by atoms with Crippen LogP contribution >= 0.6 is 0 Å². The lowest BCUT2D eigenvalue weighted by molar-refractivity contribution is -0.120. The molecule has 1 amide bonds. The summed E-state index contributed by atoms with van der Waals surface area (Å²) in [5.74, 6) is 0.281. The highest BCUT2D eigenvalue weighted by molar-refractivity contribution is 5.97. The molecule has 7 rings (SSSR count). The Kier molecular flexibility index (Phi) is 5.99. The number of aromatic amines is 2. The van der Waals surface area contributed by atoms with Gasteiger partial charge < -0.3 is 10.3 Å². The summed E-state index contributed by atoms with van der Waals surface area (Å²) in [5, 5.41) is 11.2. The van der Waals surface area contributed by atoms with E-state index in [-0.39, 0.29) is 17.6 Å². The first kappa shape index (κ1) is 24.1. The molecule has 6 aromatic rings. The van der Waals surface area contributed by atoms with Crippen molar-refractivity contribution in [3.8, 4) is 33.8 Å². The predicted molar refractivity (Wildman–Crippen MR) is 151 cm³/mol. The zero-order valence-corrected chi connectivity index (χ0v) is 21.5. The van der Waals surface area contributed by atoms with E-state index in [1.807, 2.05) is 12.1 Å². The van der Waals surface area contributed by atoms with Crippen molar-refractivity contribution in [2.45, 2.75) is 32.1 Å². The number of hydrogen-bond acceptors (Lipinski definition) is 6. The summed E-state index contributed by atoms with van der Waals surface area (Å²) in [4.78, 5) is 34.0. The van der Waals surface area contributed by atoms with Crippen LogP contribution in [0.1, 0.15) is 32.1 Å². The highest BCUT2D eigenvalue weighted by Gasteiger charge is 2.22. The Hall–Kier alpha value is -4.99. The lowest BCUT2D eigenvalue weighted by Crippen LogP contribution is -2.24. The number of nitrogens with one attached hydrogen (secondary N) is 3. The molecule has 40 heavy (non-hydrogen) atoms. The van der Waals surface area contributed by atoms with E-state index in [0.717, 1.165) is 42.2 Å². The summed E-state index contributed by atoms with van der Waals surface area (Å²) >= 11 is 0. The third-order valence-electron chi connectivity index (χ3n) is 7.51. The van der Waals surface area contributed by atoms with Gasteiger partial charge in [-0.3, -0.25) is 19.9 Å². The molecule has 5 heterocycles. The molecule has 198 valence electrons. The maximum Gasteiger partial charge on any atom is 0.227 e. The number of imidazole rings is 1. The molecular formula is C30H25FN8O. The Morgan fingerprint density at radius 2 is 1.75 bits per heavy atom. The standard InChI is InChI=1S/C30H25FN8O/c31-24-9-5-4-8-21(24)23-15-33-16-25-26(23)37-29(36-25)27-22-11-19(13-34-28(22)39-38-27)18-10-20(14-32-12-18)35-30(40)17-6-2-1-3-7-17/h4-5,8-17H,1-3,6-7H2,(H,35,40)(H,36,37)(H,34,38,39). The number of anilines is 1. The first-order chi connectivity index (χ1) is 19.6. The number of carbonyl (C=O) groups is 1.